The van der Waals surface area contributed by atoms with Crippen molar-refractivity contribution in [3.63, 3.8) is 0 Å². The number of nitrogens with zero attached hydrogens (tertiary/aromatic N) is 5. The minimum absolute atomic E-state index is 0.102. The van der Waals surface area contributed by atoms with Gasteiger partial charge in [0.05, 0.1) is 18.5 Å². The highest BCUT2D eigenvalue weighted by atomic mass is 19.4. The van der Waals surface area contributed by atoms with Crippen LogP contribution >= 0.6 is 0 Å². The van der Waals surface area contributed by atoms with Crippen LogP contribution in [-0.4, -0.2) is 103 Å². The number of carboxylic acids is 1. The van der Waals surface area contributed by atoms with Crippen LogP contribution in [-0.2, 0) is 4.79 Å². The van der Waals surface area contributed by atoms with Crippen LogP contribution in [0.4, 0.5) is 24.9 Å². The Kier molecular flexibility index (Phi) is 11.5. The van der Waals surface area contributed by atoms with E-state index in [-0.39, 0.29) is 5.92 Å². The fourth-order valence-corrected chi connectivity index (χ4v) is 6.18. The first-order chi connectivity index (χ1) is 23.0. The Hall–Kier alpha value is -4.31. The highest BCUT2D eigenvalue weighted by molar-refractivity contribution is 5.84. The number of aromatic nitrogens is 4. The summed E-state index contributed by atoms with van der Waals surface area (Å²) in [6, 6.07) is 20.0. The number of anilines is 2. The molecule has 2 aromatic carbocycles. The molecule has 6 rings (SSSR count). The zero-order valence-electron chi connectivity index (χ0n) is 26.3. The van der Waals surface area contributed by atoms with Crippen molar-refractivity contribution in [3.05, 3.63) is 78.1 Å². The fourth-order valence-electron chi connectivity index (χ4n) is 6.18. The maximum absolute atomic E-state index is 10.8. The van der Waals surface area contributed by atoms with Gasteiger partial charge in [-0.25, -0.2) is 9.78 Å². The van der Waals surface area contributed by atoms with Crippen molar-refractivity contribution in [2.45, 2.75) is 62.1 Å². The average molecular weight is 671 g/mol. The number of halogens is 3. The van der Waals surface area contributed by atoms with Gasteiger partial charge < -0.3 is 41.2 Å². The molecule has 1 saturated carbocycles. The van der Waals surface area contributed by atoms with Crippen molar-refractivity contribution in [1.29, 1.82) is 0 Å². The van der Waals surface area contributed by atoms with Crippen LogP contribution in [0.15, 0.2) is 67.0 Å². The quantitative estimate of drug-likeness (QED) is 0.146. The van der Waals surface area contributed by atoms with Gasteiger partial charge in [-0.15, -0.1) is 0 Å². The molecule has 4 atom stereocenters. The number of alkyl halides is 3. The van der Waals surface area contributed by atoms with Crippen LogP contribution in [0.2, 0.25) is 0 Å². The largest absolute Gasteiger partial charge is 0.490 e. The highest BCUT2D eigenvalue weighted by Gasteiger charge is 2.41. The van der Waals surface area contributed by atoms with Gasteiger partial charge in [-0.2, -0.15) is 23.1 Å². The molecule has 4 aromatic rings. The number of piperidine rings is 1. The predicted octanol–water partition coefficient (Wildman–Crippen LogP) is 3.60. The van der Waals surface area contributed by atoms with E-state index < -0.39 is 36.4 Å². The van der Waals surface area contributed by atoms with E-state index in [4.69, 9.17) is 25.6 Å². The molecule has 0 radical (unpaired) electrons. The summed E-state index contributed by atoms with van der Waals surface area (Å²) in [7, 11) is 0. The Bertz CT molecular complexity index is 1580. The van der Waals surface area contributed by atoms with E-state index >= 15 is 0 Å². The first kappa shape index (κ1) is 35.0. The standard InChI is InChI=1S/C31H40N8O2.C2HF3O2/c32-24-18-25(28(41)27(24)40)39-20-35-26-29(36-31(37-30(26)39)33-14-17-38-15-8-3-9-16-38)34-19-23(21-10-4-1-5-11-21)22-12-6-2-7-13-22;3-2(4,5)1(6)7/h1-2,4-7,10-13,20,23-25,27-28,40-41H,3,8-9,14-19,32H2,(H2,33,34,36,37);(H,6,7)/t24-,25+,27+,28-;/m0./s1. The summed E-state index contributed by atoms with van der Waals surface area (Å²) >= 11 is 0. The lowest BCUT2D eigenvalue weighted by atomic mass is 9.91. The second-order valence-corrected chi connectivity index (χ2v) is 12.1. The number of benzene rings is 2. The number of aliphatic hydroxyl groups is 2. The van der Waals surface area contributed by atoms with Crippen molar-refractivity contribution in [2.75, 3.05) is 43.4 Å². The number of hydrogen-bond acceptors (Lipinski definition) is 10. The smallest absolute Gasteiger partial charge is 0.475 e. The number of aliphatic carboxylic acids is 1. The summed E-state index contributed by atoms with van der Waals surface area (Å²) in [5.74, 6) is -1.52. The SMILES string of the molecule is N[C@H]1C[C@@H](n2cnc3c(NCC(c4ccccc4)c4ccccc4)nc(NCCN4CCCCC4)nc32)[C@H](O)[C@@H]1O.O=C(O)C(F)(F)F. The van der Waals surface area contributed by atoms with E-state index in [0.29, 0.717) is 35.9 Å². The molecule has 15 heteroatoms. The van der Waals surface area contributed by atoms with Gasteiger partial charge in [0, 0.05) is 31.6 Å². The second-order valence-electron chi connectivity index (χ2n) is 12.1. The number of likely N-dealkylation sites (tertiary alicyclic amines) is 1. The first-order valence-corrected chi connectivity index (χ1v) is 16.0. The van der Waals surface area contributed by atoms with Crippen molar-refractivity contribution >= 4 is 28.9 Å². The second kappa shape index (κ2) is 15.7. The molecule has 0 spiro atoms. The molecule has 12 nitrogen and oxygen atoms in total. The molecule has 0 bridgehead atoms. The number of nitrogens with two attached hydrogens (primary N) is 1. The van der Waals surface area contributed by atoms with Crippen LogP contribution in [0.3, 0.4) is 0 Å². The Balaban J connectivity index is 0.000000582. The molecule has 48 heavy (non-hydrogen) atoms. The number of rotatable bonds is 10. The molecule has 258 valence electrons. The monoisotopic (exact) mass is 670 g/mol. The minimum atomic E-state index is -5.08. The zero-order chi connectivity index (χ0) is 34.3. The van der Waals surface area contributed by atoms with Gasteiger partial charge in [0.25, 0.3) is 0 Å². The lowest BCUT2D eigenvalue weighted by Gasteiger charge is -2.26. The molecule has 0 unspecified atom stereocenters. The number of nitrogens with one attached hydrogen (secondary N) is 2. The van der Waals surface area contributed by atoms with E-state index in [1.807, 2.05) is 16.7 Å². The van der Waals surface area contributed by atoms with Crippen molar-refractivity contribution < 1.29 is 33.3 Å². The molecule has 3 heterocycles. The van der Waals surface area contributed by atoms with Crippen molar-refractivity contribution in [1.82, 2.24) is 24.4 Å². The molecule has 1 aliphatic heterocycles. The van der Waals surface area contributed by atoms with Crippen molar-refractivity contribution in [2.24, 2.45) is 5.73 Å². The predicted molar refractivity (Wildman–Crippen MR) is 175 cm³/mol. The molecular weight excluding hydrogens is 629 g/mol. The highest BCUT2D eigenvalue weighted by Crippen LogP contribution is 2.34. The zero-order valence-corrected chi connectivity index (χ0v) is 26.3. The lowest BCUT2D eigenvalue weighted by Crippen LogP contribution is -2.35. The number of hydrogen-bond donors (Lipinski definition) is 6. The number of aliphatic hydroxyl groups excluding tert-OH is 2. The summed E-state index contributed by atoms with van der Waals surface area (Å²) in [6.07, 6.45) is -1.16. The molecule has 1 aliphatic carbocycles. The normalized spacial score (nSPS) is 21.6. The number of fused-ring (bicyclic) bond motifs is 1. The summed E-state index contributed by atoms with van der Waals surface area (Å²) in [5.41, 5.74) is 9.73. The van der Waals surface area contributed by atoms with E-state index in [1.54, 1.807) is 6.33 Å². The lowest BCUT2D eigenvalue weighted by molar-refractivity contribution is -0.192. The number of imidazole rings is 1. The van der Waals surface area contributed by atoms with Crippen LogP contribution in [0.5, 0.6) is 0 Å². The summed E-state index contributed by atoms with van der Waals surface area (Å²) in [4.78, 5) is 25.7. The molecule has 7 N–H and O–H groups in total. The Morgan fingerprint density at radius 2 is 1.54 bits per heavy atom. The maximum atomic E-state index is 10.8. The average Bonchev–Trinajstić information content (AvgIpc) is 3.62. The summed E-state index contributed by atoms with van der Waals surface area (Å²) in [5, 5.41) is 35.2. The van der Waals surface area contributed by atoms with Gasteiger partial charge >= 0.3 is 12.1 Å². The third kappa shape index (κ3) is 8.58. The molecule has 2 aliphatic rings. The van der Waals surface area contributed by atoms with E-state index in [1.165, 1.54) is 30.4 Å². The van der Waals surface area contributed by atoms with Crippen LogP contribution in [0.25, 0.3) is 11.2 Å². The van der Waals surface area contributed by atoms with Crippen molar-refractivity contribution in [3.8, 4) is 0 Å². The van der Waals surface area contributed by atoms with Gasteiger partial charge in [-0.05, 0) is 43.5 Å². The van der Waals surface area contributed by atoms with Gasteiger partial charge in [0.2, 0.25) is 5.95 Å². The molecule has 1 saturated heterocycles. The molecule has 0 amide bonds. The summed E-state index contributed by atoms with van der Waals surface area (Å²) < 4.78 is 33.6. The fraction of sp³-hybridized carbons (Fsp3) is 0.455. The summed E-state index contributed by atoms with van der Waals surface area (Å²) in [6.45, 7) is 4.52. The van der Waals surface area contributed by atoms with Crippen LogP contribution in [0, 0.1) is 0 Å². The van der Waals surface area contributed by atoms with Gasteiger partial charge in [0.1, 0.15) is 6.10 Å². The number of carboxylic acid groups (broad SMARTS) is 1. The molecular formula is C33H41F3N8O4. The maximum Gasteiger partial charge on any atom is 0.490 e. The van der Waals surface area contributed by atoms with Gasteiger partial charge in [0.15, 0.2) is 17.0 Å². The topological polar surface area (TPSA) is 175 Å². The third-order valence-corrected chi connectivity index (χ3v) is 8.76. The minimum Gasteiger partial charge on any atom is -0.475 e. The van der Waals surface area contributed by atoms with Crippen LogP contribution < -0.4 is 16.4 Å². The number of carbonyl (C=O) groups is 1. The van der Waals surface area contributed by atoms with Gasteiger partial charge in [-0.1, -0.05) is 67.1 Å². The molecule has 2 aromatic heterocycles. The van der Waals surface area contributed by atoms with Gasteiger partial charge in [-0.3, -0.25) is 0 Å². The van der Waals surface area contributed by atoms with E-state index in [0.717, 1.165) is 26.2 Å². The Labute approximate surface area is 275 Å². The molecule has 2 fully saturated rings. The first-order valence-electron chi connectivity index (χ1n) is 16.0. The van der Waals surface area contributed by atoms with E-state index in [9.17, 15) is 23.4 Å². The Morgan fingerprint density at radius 1 is 0.938 bits per heavy atom. The van der Waals surface area contributed by atoms with Crippen LogP contribution in [0.1, 0.15) is 48.8 Å². The van der Waals surface area contributed by atoms with E-state index in [2.05, 4.69) is 69.0 Å². The third-order valence-electron chi connectivity index (χ3n) is 8.76. The Morgan fingerprint density at radius 3 is 2.08 bits per heavy atom.